The molecule has 1 unspecified atom stereocenters. The van der Waals surface area contributed by atoms with Crippen molar-refractivity contribution in [1.29, 1.82) is 0 Å². The van der Waals surface area contributed by atoms with Gasteiger partial charge in [-0.05, 0) is 30.7 Å². The second kappa shape index (κ2) is 8.20. The van der Waals surface area contributed by atoms with E-state index >= 15 is 0 Å². The van der Waals surface area contributed by atoms with Crippen LogP contribution in [0.15, 0.2) is 23.1 Å². The van der Waals surface area contributed by atoms with Gasteiger partial charge in [-0.1, -0.05) is 20.8 Å². The molecule has 0 spiro atoms. The van der Waals surface area contributed by atoms with Crippen molar-refractivity contribution in [2.24, 2.45) is 0 Å². The zero-order chi connectivity index (χ0) is 15.5. The molecule has 1 aliphatic heterocycles. The molecule has 1 amide bonds. The van der Waals surface area contributed by atoms with Crippen LogP contribution in [0.4, 0.5) is 5.69 Å². The average molecular weight is 345 g/mol. The molecule has 1 aliphatic rings. The van der Waals surface area contributed by atoms with Crippen LogP contribution in [0.3, 0.4) is 0 Å². The van der Waals surface area contributed by atoms with Crippen molar-refractivity contribution < 1.29 is 9.53 Å². The highest BCUT2D eigenvalue weighted by Gasteiger charge is 2.22. The molecule has 2 rings (SSSR count). The fraction of sp³-hybridized carbons (Fsp3) is 0.562. The van der Waals surface area contributed by atoms with Crippen molar-refractivity contribution >= 4 is 35.8 Å². The maximum atomic E-state index is 12.2. The van der Waals surface area contributed by atoms with E-state index in [1.807, 2.05) is 24.8 Å². The molecule has 0 aliphatic carbocycles. The summed E-state index contributed by atoms with van der Waals surface area (Å²) in [5.74, 6) is -0.0819. The Morgan fingerprint density at radius 2 is 2.14 bits per heavy atom. The van der Waals surface area contributed by atoms with E-state index in [-0.39, 0.29) is 23.1 Å². The highest BCUT2D eigenvalue weighted by Crippen LogP contribution is 2.33. The molecule has 1 atom stereocenters. The van der Waals surface area contributed by atoms with Crippen molar-refractivity contribution in [2.45, 2.75) is 43.4 Å². The van der Waals surface area contributed by atoms with Gasteiger partial charge in [0.05, 0.1) is 6.61 Å². The van der Waals surface area contributed by atoms with Crippen molar-refractivity contribution in [3.8, 4) is 0 Å². The van der Waals surface area contributed by atoms with Crippen LogP contribution in [0, 0.1) is 6.92 Å². The minimum atomic E-state index is -0.401. The predicted octanol–water partition coefficient (Wildman–Crippen LogP) is 3.23. The highest BCUT2D eigenvalue weighted by molar-refractivity contribution is 8.00. The minimum Gasteiger partial charge on any atom is -0.366 e. The first-order valence-electron chi connectivity index (χ1n) is 7.28. The van der Waals surface area contributed by atoms with E-state index in [2.05, 4.69) is 43.5 Å². The van der Waals surface area contributed by atoms with Crippen molar-refractivity contribution in [3.05, 3.63) is 23.8 Å². The summed E-state index contributed by atoms with van der Waals surface area (Å²) in [5.41, 5.74) is 1.92. The maximum Gasteiger partial charge on any atom is 0.254 e. The lowest BCUT2D eigenvalue weighted by molar-refractivity contribution is -0.128. The molecule has 0 saturated carbocycles. The number of anilines is 1. The number of carbonyl (C=O) groups is 1. The number of halogens is 1. The second-order valence-corrected chi connectivity index (χ2v) is 8.14. The summed E-state index contributed by atoms with van der Waals surface area (Å²) in [6.45, 7) is 10.5. The van der Waals surface area contributed by atoms with E-state index in [9.17, 15) is 4.79 Å². The van der Waals surface area contributed by atoms with Crippen molar-refractivity contribution in [3.63, 3.8) is 0 Å². The molecule has 4 nitrogen and oxygen atoms in total. The van der Waals surface area contributed by atoms with Gasteiger partial charge >= 0.3 is 0 Å². The Labute approximate surface area is 143 Å². The van der Waals surface area contributed by atoms with Gasteiger partial charge in [0.1, 0.15) is 6.10 Å². The van der Waals surface area contributed by atoms with Crippen LogP contribution in [-0.4, -0.2) is 36.5 Å². The first kappa shape index (κ1) is 19.3. The molecule has 1 heterocycles. The molecule has 0 aromatic heterocycles. The SMILES string of the molecule is Cc1cc(SC(C)(C)C)ccc1NC(=O)C1CNCCO1.Cl. The molecule has 0 bridgehead atoms. The number of benzene rings is 1. The summed E-state index contributed by atoms with van der Waals surface area (Å²) in [6, 6.07) is 6.14. The molecule has 1 aromatic carbocycles. The number of ether oxygens (including phenoxy) is 1. The lowest BCUT2D eigenvalue weighted by Gasteiger charge is -2.23. The van der Waals surface area contributed by atoms with Crippen LogP contribution in [-0.2, 0) is 9.53 Å². The quantitative estimate of drug-likeness (QED) is 0.826. The maximum absolute atomic E-state index is 12.2. The zero-order valence-corrected chi connectivity index (χ0v) is 15.2. The molecule has 124 valence electrons. The van der Waals surface area contributed by atoms with E-state index in [4.69, 9.17) is 4.74 Å². The van der Waals surface area contributed by atoms with Crippen LogP contribution in [0.2, 0.25) is 0 Å². The third kappa shape index (κ3) is 5.80. The van der Waals surface area contributed by atoms with Gasteiger partial charge in [0.2, 0.25) is 0 Å². The van der Waals surface area contributed by atoms with Crippen LogP contribution in [0.5, 0.6) is 0 Å². The number of morpholine rings is 1. The number of rotatable bonds is 3. The Balaban J connectivity index is 0.00000242. The number of amides is 1. The molecule has 22 heavy (non-hydrogen) atoms. The molecule has 1 aromatic rings. The van der Waals surface area contributed by atoms with Crippen LogP contribution in [0.1, 0.15) is 26.3 Å². The Morgan fingerprint density at radius 3 is 2.68 bits per heavy atom. The minimum absolute atomic E-state index is 0. The standard InChI is InChI=1S/C16H24N2O2S.ClH/c1-11-9-12(21-16(2,3)4)5-6-13(11)18-15(19)14-10-17-7-8-20-14;/h5-6,9,14,17H,7-8,10H2,1-4H3,(H,18,19);1H. The average Bonchev–Trinajstić information content (AvgIpc) is 2.41. The lowest BCUT2D eigenvalue weighted by Crippen LogP contribution is -2.45. The Hall–Kier alpha value is -0.750. The van der Waals surface area contributed by atoms with Gasteiger partial charge < -0.3 is 15.4 Å². The van der Waals surface area contributed by atoms with E-state index < -0.39 is 6.10 Å². The Kier molecular flexibility index (Phi) is 7.19. The zero-order valence-electron chi connectivity index (χ0n) is 13.6. The van der Waals surface area contributed by atoms with E-state index in [1.165, 1.54) is 4.90 Å². The van der Waals surface area contributed by atoms with Crippen LogP contribution in [0.25, 0.3) is 0 Å². The van der Waals surface area contributed by atoms with Gasteiger partial charge in [-0.2, -0.15) is 0 Å². The largest absolute Gasteiger partial charge is 0.366 e. The lowest BCUT2D eigenvalue weighted by atomic mass is 10.2. The Morgan fingerprint density at radius 1 is 1.41 bits per heavy atom. The monoisotopic (exact) mass is 344 g/mol. The molecule has 0 radical (unpaired) electrons. The number of hydrogen-bond donors (Lipinski definition) is 2. The van der Waals surface area contributed by atoms with Crippen LogP contribution >= 0.6 is 24.2 Å². The number of hydrogen-bond acceptors (Lipinski definition) is 4. The van der Waals surface area contributed by atoms with Crippen molar-refractivity contribution in [1.82, 2.24) is 5.32 Å². The predicted molar refractivity (Wildman–Crippen MR) is 95.3 cm³/mol. The molecular weight excluding hydrogens is 320 g/mol. The normalized spacial score (nSPS) is 18.5. The van der Waals surface area contributed by atoms with E-state index in [0.29, 0.717) is 13.2 Å². The third-order valence-corrected chi connectivity index (χ3v) is 4.20. The van der Waals surface area contributed by atoms with Gasteiger partial charge in [0.25, 0.3) is 5.91 Å². The molecular formula is C16H25ClN2O2S. The van der Waals surface area contributed by atoms with E-state index in [1.54, 1.807) is 0 Å². The molecule has 1 saturated heterocycles. The van der Waals surface area contributed by atoms with Gasteiger partial charge in [0.15, 0.2) is 0 Å². The number of carbonyl (C=O) groups excluding carboxylic acids is 1. The first-order valence-corrected chi connectivity index (χ1v) is 8.10. The van der Waals surface area contributed by atoms with Gasteiger partial charge in [-0.15, -0.1) is 24.2 Å². The smallest absolute Gasteiger partial charge is 0.254 e. The summed E-state index contributed by atoms with van der Waals surface area (Å²) in [6.07, 6.45) is -0.401. The van der Waals surface area contributed by atoms with E-state index in [0.717, 1.165) is 17.8 Å². The number of aryl methyl sites for hydroxylation is 1. The molecule has 6 heteroatoms. The second-order valence-electron chi connectivity index (χ2n) is 6.24. The van der Waals surface area contributed by atoms with Crippen LogP contribution < -0.4 is 10.6 Å². The topological polar surface area (TPSA) is 50.4 Å². The Bertz CT molecular complexity index is 511. The van der Waals surface area contributed by atoms with Gasteiger partial charge in [-0.25, -0.2) is 0 Å². The van der Waals surface area contributed by atoms with Gasteiger partial charge in [-0.3, -0.25) is 4.79 Å². The molecule has 2 N–H and O–H groups in total. The summed E-state index contributed by atoms with van der Waals surface area (Å²) >= 11 is 1.82. The fourth-order valence-electron chi connectivity index (χ4n) is 2.14. The number of thioether (sulfide) groups is 1. The number of nitrogens with one attached hydrogen (secondary N) is 2. The first-order chi connectivity index (χ1) is 9.85. The summed E-state index contributed by atoms with van der Waals surface area (Å²) in [5, 5.41) is 6.12. The summed E-state index contributed by atoms with van der Waals surface area (Å²) in [4.78, 5) is 13.4. The summed E-state index contributed by atoms with van der Waals surface area (Å²) in [7, 11) is 0. The summed E-state index contributed by atoms with van der Waals surface area (Å²) < 4.78 is 5.64. The fourth-order valence-corrected chi connectivity index (χ4v) is 3.22. The highest BCUT2D eigenvalue weighted by atomic mass is 35.5. The van der Waals surface area contributed by atoms with Gasteiger partial charge in [0, 0.05) is 28.4 Å². The third-order valence-electron chi connectivity index (χ3n) is 3.10. The van der Waals surface area contributed by atoms with Crippen molar-refractivity contribution in [2.75, 3.05) is 25.0 Å². The molecule has 1 fully saturated rings.